The van der Waals surface area contributed by atoms with Crippen LogP contribution < -0.4 is 10.1 Å². The third-order valence-corrected chi connectivity index (χ3v) is 4.78. The first-order chi connectivity index (χ1) is 11.3. The summed E-state index contributed by atoms with van der Waals surface area (Å²) in [5, 5.41) is 6.33. The molecular weight excluding hydrogens is 306 g/mol. The summed E-state index contributed by atoms with van der Waals surface area (Å²) in [6.45, 7) is 0. The van der Waals surface area contributed by atoms with Gasteiger partial charge >= 0.3 is 0 Å². The molecule has 0 bridgehead atoms. The molecule has 0 aliphatic carbocycles. The number of rotatable bonds is 6. The smallest absolute Gasteiger partial charge is 0.224 e. The highest BCUT2D eigenvalue weighted by molar-refractivity contribution is 7.17. The van der Waals surface area contributed by atoms with E-state index in [2.05, 4.69) is 22.8 Å². The lowest BCUT2D eigenvalue weighted by Crippen LogP contribution is -2.11. The summed E-state index contributed by atoms with van der Waals surface area (Å²) >= 11 is 1.74. The van der Waals surface area contributed by atoms with E-state index in [0.717, 1.165) is 24.3 Å². The average Bonchev–Trinajstić information content (AvgIpc) is 2.98. The molecule has 3 aromatic rings. The van der Waals surface area contributed by atoms with Gasteiger partial charge in [0.2, 0.25) is 5.91 Å². The van der Waals surface area contributed by atoms with Crippen molar-refractivity contribution in [2.24, 2.45) is 0 Å². The Bertz CT molecular complexity index is 795. The van der Waals surface area contributed by atoms with Crippen molar-refractivity contribution in [2.45, 2.75) is 19.3 Å². The molecule has 0 saturated carbocycles. The number of hydrogen-bond donors (Lipinski definition) is 1. The van der Waals surface area contributed by atoms with E-state index in [1.54, 1.807) is 18.4 Å². The van der Waals surface area contributed by atoms with Crippen molar-refractivity contribution < 1.29 is 9.53 Å². The number of anilines is 1. The van der Waals surface area contributed by atoms with E-state index in [-0.39, 0.29) is 5.91 Å². The van der Waals surface area contributed by atoms with Crippen LogP contribution in [0.15, 0.2) is 53.9 Å². The SMILES string of the molecule is COc1ccc2scc(CCCC(=O)Nc3ccccc3)c2c1. The molecule has 0 saturated heterocycles. The molecule has 1 aromatic heterocycles. The van der Waals surface area contributed by atoms with Gasteiger partial charge in [0.05, 0.1) is 7.11 Å². The standard InChI is InChI=1S/C19H19NO2S/c1-22-16-10-11-18-17(12-16)14(13-23-18)6-5-9-19(21)20-15-7-3-2-4-8-15/h2-4,7-8,10-13H,5-6,9H2,1H3,(H,20,21). The van der Waals surface area contributed by atoms with Gasteiger partial charge in [-0.2, -0.15) is 0 Å². The monoisotopic (exact) mass is 325 g/mol. The Kier molecular flexibility index (Phi) is 4.93. The Morgan fingerprint density at radius 1 is 1.17 bits per heavy atom. The van der Waals surface area contributed by atoms with E-state index in [9.17, 15) is 4.79 Å². The van der Waals surface area contributed by atoms with Crippen LogP contribution in [0.1, 0.15) is 18.4 Å². The molecule has 4 heteroatoms. The highest BCUT2D eigenvalue weighted by atomic mass is 32.1. The Hall–Kier alpha value is -2.33. The second kappa shape index (κ2) is 7.29. The van der Waals surface area contributed by atoms with Gasteiger partial charge in [-0.1, -0.05) is 18.2 Å². The molecule has 1 heterocycles. The van der Waals surface area contributed by atoms with Gasteiger partial charge in [0, 0.05) is 16.8 Å². The van der Waals surface area contributed by atoms with Gasteiger partial charge in [-0.3, -0.25) is 4.79 Å². The predicted molar refractivity (Wildman–Crippen MR) is 96.4 cm³/mol. The lowest BCUT2D eigenvalue weighted by atomic mass is 10.1. The van der Waals surface area contributed by atoms with Crippen LogP contribution in [0.25, 0.3) is 10.1 Å². The molecule has 0 fully saturated rings. The number of hydrogen-bond acceptors (Lipinski definition) is 3. The summed E-state index contributed by atoms with van der Waals surface area (Å²) in [5.41, 5.74) is 2.14. The molecule has 0 atom stereocenters. The molecule has 3 nitrogen and oxygen atoms in total. The van der Waals surface area contributed by atoms with Crippen molar-refractivity contribution >= 4 is 33.0 Å². The lowest BCUT2D eigenvalue weighted by Gasteiger charge is -2.05. The number of carbonyl (C=O) groups is 1. The summed E-state index contributed by atoms with van der Waals surface area (Å²) < 4.78 is 6.56. The maximum Gasteiger partial charge on any atom is 0.224 e. The molecule has 0 aliphatic rings. The number of aryl methyl sites for hydroxylation is 1. The number of benzene rings is 2. The molecule has 0 spiro atoms. The predicted octanol–water partition coefficient (Wildman–Crippen LogP) is 4.87. The van der Waals surface area contributed by atoms with Gasteiger partial charge in [0.25, 0.3) is 0 Å². The van der Waals surface area contributed by atoms with Crippen molar-refractivity contribution in [2.75, 3.05) is 12.4 Å². The van der Waals surface area contributed by atoms with Crippen molar-refractivity contribution in [3.05, 3.63) is 59.5 Å². The normalized spacial score (nSPS) is 10.7. The van der Waals surface area contributed by atoms with Crippen LogP contribution in [0.2, 0.25) is 0 Å². The summed E-state index contributed by atoms with van der Waals surface area (Å²) in [6.07, 6.45) is 2.26. The van der Waals surface area contributed by atoms with Gasteiger partial charge < -0.3 is 10.1 Å². The molecule has 0 radical (unpaired) electrons. The van der Waals surface area contributed by atoms with Crippen LogP contribution in [0.3, 0.4) is 0 Å². The zero-order chi connectivity index (χ0) is 16.1. The topological polar surface area (TPSA) is 38.3 Å². The van der Waals surface area contributed by atoms with Crippen LogP contribution >= 0.6 is 11.3 Å². The molecule has 118 valence electrons. The third kappa shape index (κ3) is 3.90. The van der Waals surface area contributed by atoms with Crippen LogP contribution in [0, 0.1) is 0 Å². The van der Waals surface area contributed by atoms with Crippen molar-refractivity contribution in [1.82, 2.24) is 0 Å². The fourth-order valence-corrected chi connectivity index (χ4v) is 3.54. The van der Waals surface area contributed by atoms with E-state index in [1.165, 1.54) is 15.6 Å². The minimum Gasteiger partial charge on any atom is -0.497 e. The fourth-order valence-electron chi connectivity index (χ4n) is 2.57. The second-order valence-electron chi connectivity index (χ2n) is 5.39. The Morgan fingerprint density at radius 2 is 2.00 bits per heavy atom. The average molecular weight is 325 g/mol. The fraction of sp³-hybridized carbons (Fsp3) is 0.211. The molecule has 1 amide bonds. The Morgan fingerprint density at radius 3 is 2.78 bits per heavy atom. The number of ether oxygens (including phenoxy) is 1. The number of para-hydroxylation sites is 1. The Balaban J connectivity index is 1.57. The molecule has 2 aromatic carbocycles. The molecule has 0 unspecified atom stereocenters. The van der Waals surface area contributed by atoms with E-state index in [0.29, 0.717) is 6.42 Å². The number of carbonyl (C=O) groups excluding carboxylic acids is 1. The van der Waals surface area contributed by atoms with Gasteiger partial charge in [-0.15, -0.1) is 11.3 Å². The summed E-state index contributed by atoms with van der Waals surface area (Å²) in [7, 11) is 1.68. The van der Waals surface area contributed by atoms with Gasteiger partial charge in [0.1, 0.15) is 5.75 Å². The molecule has 23 heavy (non-hydrogen) atoms. The molecule has 1 N–H and O–H groups in total. The van der Waals surface area contributed by atoms with E-state index in [4.69, 9.17) is 4.74 Å². The zero-order valence-corrected chi connectivity index (χ0v) is 13.9. The first-order valence-electron chi connectivity index (χ1n) is 7.65. The number of amides is 1. The first kappa shape index (κ1) is 15.6. The number of methoxy groups -OCH3 is 1. The van der Waals surface area contributed by atoms with E-state index >= 15 is 0 Å². The minimum atomic E-state index is 0.0633. The molecule has 0 aliphatic heterocycles. The highest BCUT2D eigenvalue weighted by Gasteiger charge is 2.07. The number of nitrogens with one attached hydrogen (secondary N) is 1. The van der Waals surface area contributed by atoms with Crippen LogP contribution in [0.4, 0.5) is 5.69 Å². The zero-order valence-electron chi connectivity index (χ0n) is 13.0. The summed E-state index contributed by atoms with van der Waals surface area (Å²) in [4.78, 5) is 12.0. The van der Waals surface area contributed by atoms with Crippen molar-refractivity contribution in [3.63, 3.8) is 0 Å². The quantitative estimate of drug-likeness (QED) is 0.702. The first-order valence-corrected chi connectivity index (χ1v) is 8.53. The number of thiophene rings is 1. The van der Waals surface area contributed by atoms with E-state index < -0.39 is 0 Å². The largest absolute Gasteiger partial charge is 0.497 e. The highest BCUT2D eigenvalue weighted by Crippen LogP contribution is 2.30. The van der Waals surface area contributed by atoms with Crippen LogP contribution in [0.5, 0.6) is 5.75 Å². The molecular formula is C19H19NO2S. The van der Waals surface area contributed by atoms with Gasteiger partial charge in [-0.05, 0) is 59.5 Å². The third-order valence-electron chi connectivity index (χ3n) is 3.77. The van der Waals surface area contributed by atoms with Gasteiger partial charge in [0.15, 0.2) is 0 Å². The maximum atomic E-state index is 12.0. The maximum absolute atomic E-state index is 12.0. The van der Waals surface area contributed by atoms with Crippen LogP contribution in [-0.2, 0) is 11.2 Å². The Labute approximate surface area is 139 Å². The van der Waals surface area contributed by atoms with E-state index in [1.807, 2.05) is 36.4 Å². The van der Waals surface area contributed by atoms with Gasteiger partial charge in [-0.25, -0.2) is 0 Å². The van der Waals surface area contributed by atoms with Crippen molar-refractivity contribution in [1.29, 1.82) is 0 Å². The second-order valence-corrected chi connectivity index (χ2v) is 6.30. The van der Waals surface area contributed by atoms with Crippen LogP contribution in [-0.4, -0.2) is 13.0 Å². The lowest BCUT2D eigenvalue weighted by molar-refractivity contribution is -0.116. The minimum absolute atomic E-state index is 0.0633. The molecule has 3 rings (SSSR count). The number of fused-ring (bicyclic) bond motifs is 1. The van der Waals surface area contributed by atoms with Crippen molar-refractivity contribution in [3.8, 4) is 5.75 Å². The summed E-state index contributed by atoms with van der Waals surface area (Å²) in [5.74, 6) is 0.937. The summed E-state index contributed by atoms with van der Waals surface area (Å²) in [6, 6.07) is 15.7.